The van der Waals surface area contributed by atoms with E-state index < -0.39 is 0 Å². The number of nitrogens with one attached hydrogen (secondary N) is 1. The third-order valence-electron chi connectivity index (χ3n) is 5.21. The molecule has 1 N–H and O–H groups in total. The van der Waals surface area contributed by atoms with Crippen LogP contribution >= 0.6 is 0 Å². The second kappa shape index (κ2) is 8.94. The lowest BCUT2D eigenvalue weighted by Gasteiger charge is -2.37. The van der Waals surface area contributed by atoms with Crippen LogP contribution in [0.2, 0.25) is 0 Å². The van der Waals surface area contributed by atoms with Gasteiger partial charge in [-0.2, -0.15) is 0 Å². The standard InChI is InChI=1S/C19H29N5O/c1-16(18(25)20-11-8-17-6-3-2-4-7-17)23-12-14-24(15-13-23)19-21-9-5-10-22-19/h5-6,9-10,16H,2-4,7-8,11-15H2,1H3,(H,20,25)/t16-/m1/s1. The molecule has 6 nitrogen and oxygen atoms in total. The lowest BCUT2D eigenvalue weighted by Crippen LogP contribution is -2.54. The van der Waals surface area contributed by atoms with Gasteiger partial charge in [0.1, 0.15) is 0 Å². The van der Waals surface area contributed by atoms with Crippen LogP contribution < -0.4 is 10.2 Å². The van der Waals surface area contributed by atoms with Gasteiger partial charge >= 0.3 is 0 Å². The molecule has 1 atom stereocenters. The minimum atomic E-state index is -0.0841. The van der Waals surface area contributed by atoms with Crippen molar-refractivity contribution in [1.82, 2.24) is 20.2 Å². The second-order valence-electron chi connectivity index (χ2n) is 6.90. The molecule has 1 saturated heterocycles. The Balaban J connectivity index is 1.40. The first kappa shape index (κ1) is 17.9. The monoisotopic (exact) mass is 343 g/mol. The average Bonchev–Trinajstić information content (AvgIpc) is 2.69. The molecule has 2 heterocycles. The summed E-state index contributed by atoms with van der Waals surface area (Å²) >= 11 is 0. The third-order valence-corrected chi connectivity index (χ3v) is 5.21. The lowest BCUT2D eigenvalue weighted by molar-refractivity contribution is -0.125. The molecule has 1 aromatic heterocycles. The quantitative estimate of drug-likeness (QED) is 0.801. The van der Waals surface area contributed by atoms with Crippen molar-refractivity contribution in [3.05, 3.63) is 30.1 Å². The topological polar surface area (TPSA) is 61.4 Å². The van der Waals surface area contributed by atoms with Crippen LogP contribution in [0.25, 0.3) is 0 Å². The molecule has 0 bridgehead atoms. The molecule has 25 heavy (non-hydrogen) atoms. The van der Waals surface area contributed by atoms with Gasteiger partial charge in [-0.1, -0.05) is 11.6 Å². The first-order chi connectivity index (χ1) is 12.2. The van der Waals surface area contributed by atoms with Crippen molar-refractivity contribution in [2.75, 3.05) is 37.6 Å². The number of anilines is 1. The first-order valence-electron chi connectivity index (χ1n) is 9.45. The predicted molar refractivity (Wildman–Crippen MR) is 99.5 cm³/mol. The number of allylic oxidation sites excluding steroid dienone is 1. The van der Waals surface area contributed by atoms with Crippen LogP contribution in [0, 0.1) is 0 Å². The summed E-state index contributed by atoms with van der Waals surface area (Å²) in [4.78, 5) is 25.5. The molecule has 3 rings (SSSR count). The summed E-state index contributed by atoms with van der Waals surface area (Å²) in [7, 11) is 0. The maximum Gasteiger partial charge on any atom is 0.237 e. The van der Waals surface area contributed by atoms with Crippen LogP contribution in [0.3, 0.4) is 0 Å². The number of carbonyl (C=O) groups excluding carboxylic acids is 1. The molecule has 1 fully saturated rings. The Kier molecular flexibility index (Phi) is 6.39. The van der Waals surface area contributed by atoms with E-state index in [0.717, 1.165) is 45.1 Å². The first-order valence-corrected chi connectivity index (χ1v) is 9.45. The Morgan fingerprint density at radius 3 is 2.64 bits per heavy atom. The van der Waals surface area contributed by atoms with Crippen LogP contribution in [0.5, 0.6) is 0 Å². The fraction of sp³-hybridized carbons (Fsp3) is 0.632. The van der Waals surface area contributed by atoms with Crippen molar-refractivity contribution < 1.29 is 4.79 Å². The molecule has 136 valence electrons. The van der Waals surface area contributed by atoms with Crippen LogP contribution in [-0.2, 0) is 4.79 Å². The average molecular weight is 343 g/mol. The Labute approximate surface area is 150 Å². The highest BCUT2D eigenvalue weighted by Crippen LogP contribution is 2.19. The molecule has 1 aromatic rings. The summed E-state index contributed by atoms with van der Waals surface area (Å²) in [5, 5.41) is 3.11. The Morgan fingerprint density at radius 1 is 1.20 bits per heavy atom. The van der Waals surface area contributed by atoms with E-state index >= 15 is 0 Å². The van der Waals surface area contributed by atoms with Gasteiger partial charge in [-0.15, -0.1) is 0 Å². The molecule has 1 amide bonds. The second-order valence-corrected chi connectivity index (χ2v) is 6.90. The molecule has 0 saturated carbocycles. The number of hydrogen-bond donors (Lipinski definition) is 1. The zero-order valence-corrected chi connectivity index (χ0v) is 15.2. The lowest BCUT2D eigenvalue weighted by atomic mass is 9.97. The molecule has 2 aliphatic rings. The molecule has 1 aliphatic heterocycles. The van der Waals surface area contributed by atoms with Crippen molar-refractivity contribution >= 4 is 11.9 Å². The molecule has 0 unspecified atom stereocenters. The summed E-state index contributed by atoms with van der Waals surface area (Å²) in [6.07, 6.45) is 11.9. The smallest absolute Gasteiger partial charge is 0.237 e. The summed E-state index contributed by atoms with van der Waals surface area (Å²) in [5.41, 5.74) is 1.51. The summed E-state index contributed by atoms with van der Waals surface area (Å²) < 4.78 is 0. The van der Waals surface area contributed by atoms with E-state index in [1.54, 1.807) is 12.4 Å². The number of piperazine rings is 1. The highest BCUT2D eigenvalue weighted by atomic mass is 16.2. The van der Waals surface area contributed by atoms with Crippen molar-refractivity contribution in [3.8, 4) is 0 Å². The predicted octanol–water partition coefficient (Wildman–Crippen LogP) is 1.99. The van der Waals surface area contributed by atoms with Crippen LogP contribution in [0.1, 0.15) is 39.0 Å². The largest absolute Gasteiger partial charge is 0.354 e. The number of aromatic nitrogens is 2. The van der Waals surface area contributed by atoms with E-state index in [4.69, 9.17) is 0 Å². The van der Waals surface area contributed by atoms with Gasteiger partial charge in [0.2, 0.25) is 11.9 Å². The van der Waals surface area contributed by atoms with E-state index in [1.807, 2.05) is 13.0 Å². The van der Waals surface area contributed by atoms with E-state index in [2.05, 4.69) is 31.2 Å². The van der Waals surface area contributed by atoms with E-state index in [1.165, 1.54) is 31.3 Å². The third kappa shape index (κ3) is 5.01. The van der Waals surface area contributed by atoms with E-state index in [0.29, 0.717) is 0 Å². The Bertz CT molecular complexity index is 581. The van der Waals surface area contributed by atoms with Gasteiger partial charge in [0.25, 0.3) is 0 Å². The zero-order chi connectivity index (χ0) is 17.5. The number of nitrogens with zero attached hydrogens (tertiary/aromatic N) is 4. The minimum absolute atomic E-state index is 0.0841. The Hall–Kier alpha value is -1.95. The number of carbonyl (C=O) groups is 1. The Morgan fingerprint density at radius 2 is 1.96 bits per heavy atom. The van der Waals surface area contributed by atoms with Crippen molar-refractivity contribution in [2.24, 2.45) is 0 Å². The van der Waals surface area contributed by atoms with E-state index in [9.17, 15) is 4.79 Å². The maximum atomic E-state index is 12.4. The number of amides is 1. The van der Waals surface area contributed by atoms with Gasteiger partial charge in [0, 0.05) is 45.1 Å². The van der Waals surface area contributed by atoms with Crippen molar-refractivity contribution in [2.45, 2.75) is 45.1 Å². The van der Waals surface area contributed by atoms with Gasteiger partial charge in [0.05, 0.1) is 6.04 Å². The molecule has 0 spiro atoms. The van der Waals surface area contributed by atoms with Crippen LogP contribution in [0.15, 0.2) is 30.1 Å². The molecular weight excluding hydrogens is 314 g/mol. The van der Waals surface area contributed by atoms with Gasteiger partial charge < -0.3 is 10.2 Å². The van der Waals surface area contributed by atoms with E-state index in [-0.39, 0.29) is 11.9 Å². The fourth-order valence-electron chi connectivity index (χ4n) is 3.56. The van der Waals surface area contributed by atoms with Gasteiger partial charge in [-0.05, 0) is 45.1 Å². The SMILES string of the molecule is C[C@H](C(=O)NCCC1=CCCCC1)N1CCN(c2ncccn2)CC1. The highest BCUT2D eigenvalue weighted by molar-refractivity contribution is 5.81. The van der Waals surface area contributed by atoms with Crippen molar-refractivity contribution in [3.63, 3.8) is 0 Å². The van der Waals surface area contributed by atoms with Gasteiger partial charge in [0.15, 0.2) is 0 Å². The summed E-state index contributed by atoms with van der Waals surface area (Å²) in [5.74, 6) is 0.917. The van der Waals surface area contributed by atoms with Gasteiger partial charge in [-0.25, -0.2) is 9.97 Å². The fourth-order valence-corrected chi connectivity index (χ4v) is 3.56. The number of hydrogen-bond acceptors (Lipinski definition) is 5. The van der Waals surface area contributed by atoms with Crippen LogP contribution in [-0.4, -0.2) is 59.5 Å². The number of rotatable bonds is 6. The van der Waals surface area contributed by atoms with Crippen LogP contribution in [0.4, 0.5) is 5.95 Å². The highest BCUT2D eigenvalue weighted by Gasteiger charge is 2.26. The molecule has 6 heteroatoms. The molecule has 0 aromatic carbocycles. The molecule has 0 radical (unpaired) electrons. The molecular formula is C19H29N5O. The van der Waals surface area contributed by atoms with Gasteiger partial charge in [-0.3, -0.25) is 9.69 Å². The summed E-state index contributed by atoms with van der Waals surface area (Å²) in [6, 6.07) is 1.74. The molecule has 1 aliphatic carbocycles. The normalized spacial score (nSPS) is 20.0. The van der Waals surface area contributed by atoms with Crippen molar-refractivity contribution in [1.29, 1.82) is 0 Å². The zero-order valence-electron chi connectivity index (χ0n) is 15.2. The minimum Gasteiger partial charge on any atom is -0.354 e. The maximum absolute atomic E-state index is 12.4. The summed E-state index contributed by atoms with van der Waals surface area (Å²) in [6.45, 7) is 6.19.